The van der Waals surface area contributed by atoms with Gasteiger partial charge in [0.15, 0.2) is 0 Å². The molecule has 0 spiro atoms. The van der Waals surface area contributed by atoms with Gasteiger partial charge in [0.25, 0.3) is 0 Å². The van der Waals surface area contributed by atoms with E-state index in [1.54, 1.807) is 6.08 Å². The highest BCUT2D eigenvalue weighted by Gasteiger charge is 2.27. The maximum Gasteiger partial charge on any atom is 0.472 e. The van der Waals surface area contributed by atoms with Crippen molar-refractivity contribution in [2.75, 3.05) is 40.9 Å². The van der Waals surface area contributed by atoms with E-state index in [-0.39, 0.29) is 25.5 Å². The summed E-state index contributed by atoms with van der Waals surface area (Å²) in [6.07, 6.45) is 104. The van der Waals surface area contributed by atoms with E-state index in [1.807, 2.05) is 27.2 Å². The summed E-state index contributed by atoms with van der Waals surface area (Å²) in [6.45, 7) is 4.65. The second-order valence-electron chi connectivity index (χ2n) is 23.8. The summed E-state index contributed by atoms with van der Waals surface area (Å²) in [5, 5.41) is 13.9. The van der Waals surface area contributed by atoms with Crippen LogP contribution >= 0.6 is 7.82 Å². The van der Waals surface area contributed by atoms with Gasteiger partial charge < -0.3 is 19.8 Å². The number of hydrogen-bond acceptors (Lipinski definition) is 5. The van der Waals surface area contributed by atoms with Crippen molar-refractivity contribution >= 4 is 13.7 Å². The predicted octanol–water partition coefficient (Wildman–Crippen LogP) is 22.3. The second kappa shape index (κ2) is 65.3. The lowest BCUT2D eigenvalue weighted by Crippen LogP contribution is -2.45. The molecule has 0 aromatic rings. The van der Waals surface area contributed by atoms with Gasteiger partial charge in [-0.3, -0.25) is 13.8 Å². The molecule has 0 rings (SSSR count). The fourth-order valence-corrected chi connectivity index (χ4v) is 9.83. The molecule has 8 nitrogen and oxygen atoms in total. The number of allylic oxidation sites excluding steroid dienone is 27. The minimum Gasteiger partial charge on any atom is -0.387 e. The zero-order chi connectivity index (χ0) is 62.6. The van der Waals surface area contributed by atoms with Crippen molar-refractivity contribution in [3.8, 4) is 0 Å². The number of aliphatic hydroxyl groups is 1. The maximum absolute atomic E-state index is 13.0. The third-order valence-electron chi connectivity index (χ3n) is 14.4. The van der Waals surface area contributed by atoms with Gasteiger partial charge >= 0.3 is 7.82 Å². The van der Waals surface area contributed by atoms with E-state index in [0.717, 1.165) is 109 Å². The third kappa shape index (κ3) is 67.4. The summed E-state index contributed by atoms with van der Waals surface area (Å²) in [5.41, 5.74) is 0. The number of hydrogen-bond donors (Lipinski definition) is 3. The number of carbonyl (C=O) groups is 1. The van der Waals surface area contributed by atoms with Crippen LogP contribution in [0.2, 0.25) is 0 Å². The Kier molecular flexibility index (Phi) is 62.2. The van der Waals surface area contributed by atoms with E-state index in [9.17, 15) is 19.4 Å². The Balaban J connectivity index is 4.29. The summed E-state index contributed by atoms with van der Waals surface area (Å²) in [6, 6.07) is -0.902. The van der Waals surface area contributed by atoms with Crippen LogP contribution in [0.1, 0.15) is 258 Å². The van der Waals surface area contributed by atoms with Gasteiger partial charge in [-0.05, 0) is 122 Å². The van der Waals surface area contributed by atoms with E-state index in [1.165, 1.54) is 122 Å². The molecular weight excluding hydrogens is 1080 g/mol. The van der Waals surface area contributed by atoms with E-state index in [2.05, 4.69) is 177 Å². The summed E-state index contributed by atoms with van der Waals surface area (Å²) in [4.78, 5) is 23.4. The molecule has 0 bridgehead atoms. The number of nitrogens with one attached hydrogen (secondary N) is 1. The number of rotatable bonds is 61. The number of carbonyl (C=O) groups excluding carboxylic acids is 1. The van der Waals surface area contributed by atoms with Gasteiger partial charge in [-0.1, -0.05) is 300 Å². The highest BCUT2D eigenvalue weighted by atomic mass is 31.2. The lowest BCUT2D eigenvalue weighted by atomic mass is 10.0. The molecule has 0 aromatic carbocycles. The van der Waals surface area contributed by atoms with E-state index in [4.69, 9.17) is 9.05 Å². The second-order valence-corrected chi connectivity index (χ2v) is 25.3. The monoisotopic (exact) mass is 1210 g/mol. The Morgan fingerprint density at radius 1 is 0.407 bits per heavy atom. The summed E-state index contributed by atoms with van der Waals surface area (Å²) < 4.78 is 23.7. The topological polar surface area (TPSA) is 105 Å². The number of phosphoric acid groups is 1. The third-order valence-corrected chi connectivity index (χ3v) is 15.4. The molecule has 0 aromatic heterocycles. The average molecular weight is 1210 g/mol. The molecule has 0 fully saturated rings. The van der Waals surface area contributed by atoms with Crippen LogP contribution in [0.25, 0.3) is 0 Å². The highest BCUT2D eigenvalue weighted by molar-refractivity contribution is 7.47. The van der Waals surface area contributed by atoms with Crippen LogP contribution in [-0.2, 0) is 18.4 Å². The molecule has 0 aliphatic carbocycles. The first-order valence-electron chi connectivity index (χ1n) is 34.5. The van der Waals surface area contributed by atoms with E-state index >= 15 is 0 Å². The van der Waals surface area contributed by atoms with Crippen LogP contribution in [0.5, 0.6) is 0 Å². The van der Waals surface area contributed by atoms with Gasteiger partial charge in [0.1, 0.15) is 13.2 Å². The van der Waals surface area contributed by atoms with Crippen LogP contribution in [-0.4, -0.2) is 73.4 Å². The van der Waals surface area contributed by atoms with Gasteiger partial charge in [-0.2, -0.15) is 0 Å². The molecule has 3 atom stereocenters. The van der Waals surface area contributed by atoms with Crippen LogP contribution in [0, 0.1) is 0 Å². The number of nitrogens with zero attached hydrogens (tertiary/aromatic N) is 1. The summed E-state index contributed by atoms with van der Waals surface area (Å²) in [5.74, 6) is -0.234. The van der Waals surface area contributed by atoms with Crippen molar-refractivity contribution < 1.29 is 32.9 Å². The van der Waals surface area contributed by atoms with E-state index in [0.29, 0.717) is 17.4 Å². The molecule has 0 radical (unpaired) electrons. The molecular formula is C77H130N2O6P+. The number of aliphatic hydroxyl groups excluding tert-OH is 1. The minimum atomic E-state index is -4.39. The van der Waals surface area contributed by atoms with Crippen LogP contribution in [0.3, 0.4) is 0 Å². The molecule has 0 aliphatic rings. The predicted molar refractivity (Wildman–Crippen MR) is 377 cm³/mol. The first kappa shape index (κ1) is 81.9. The fourth-order valence-electron chi connectivity index (χ4n) is 9.10. The number of likely N-dealkylation sites (N-methyl/N-ethyl adjacent to an activating group) is 1. The standard InChI is InChI=1S/C77H129N2O6P/c1-6-8-10-12-14-16-18-20-22-24-26-28-30-32-33-34-35-36-37-38-39-40-41-42-43-44-45-47-49-51-53-55-57-59-61-63-65-67-69-71-77(81)78-75(74-85-86(82,83)84-73-72-79(3,4)5)76(80)70-68-66-64-62-60-58-56-54-52-50-48-46-31-29-27-25-23-21-19-17-15-13-11-9-7-2/h8,10,14,16,20,22,26,28,32-33,35-36,38-39,41-42,44-45,49,51,55,57,60-63,68,70,75-76,80H,6-7,9,11-13,15,17-19,21,23-25,27,29-31,34,37,40,43,46-48,50,52-54,56,58-59,64-67,69,71-74H2,1-5H3,(H-,78,81,82,83)/p+1/b10-8-,16-14-,22-20-,28-26-,33-32-,36-35-,39-38-,42-41-,45-44-,51-49-,57-55-,62-60+,63-61-,70-68+. The average Bonchev–Trinajstić information content (AvgIpc) is 3.70. The summed E-state index contributed by atoms with van der Waals surface area (Å²) in [7, 11) is 1.50. The van der Waals surface area contributed by atoms with E-state index < -0.39 is 20.0 Å². The lowest BCUT2D eigenvalue weighted by molar-refractivity contribution is -0.870. The van der Waals surface area contributed by atoms with Crippen LogP contribution < -0.4 is 5.32 Å². The van der Waals surface area contributed by atoms with Crippen molar-refractivity contribution in [2.24, 2.45) is 0 Å². The molecule has 86 heavy (non-hydrogen) atoms. The quantitative estimate of drug-likeness (QED) is 0.0243. The van der Waals surface area contributed by atoms with Gasteiger partial charge in [0, 0.05) is 6.42 Å². The Morgan fingerprint density at radius 3 is 1.07 bits per heavy atom. The number of unbranched alkanes of at least 4 members (excludes halogenated alkanes) is 22. The van der Waals surface area contributed by atoms with Crippen molar-refractivity contribution in [3.05, 3.63) is 170 Å². The molecule has 0 aliphatic heterocycles. The molecule has 0 saturated heterocycles. The maximum atomic E-state index is 13.0. The molecule has 1 amide bonds. The highest BCUT2D eigenvalue weighted by Crippen LogP contribution is 2.43. The van der Waals surface area contributed by atoms with Gasteiger partial charge in [0.05, 0.1) is 39.9 Å². The molecule has 0 heterocycles. The van der Waals surface area contributed by atoms with Gasteiger partial charge in [0.2, 0.25) is 5.91 Å². The Morgan fingerprint density at radius 2 is 0.709 bits per heavy atom. The van der Waals surface area contributed by atoms with Crippen molar-refractivity contribution in [1.82, 2.24) is 5.32 Å². The van der Waals surface area contributed by atoms with Crippen molar-refractivity contribution in [2.45, 2.75) is 270 Å². The zero-order valence-electron chi connectivity index (χ0n) is 55.7. The first-order valence-corrected chi connectivity index (χ1v) is 36.0. The molecule has 9 heteroatoms. The number of quaternary nitrogens is 1. The molecule has 3 N–H and O–H groups in total. The van der Waals surface area contributed by atoms with Gasteiger partial charge in [-0.25, -0.2) is 4.57 Å². The summed E-state index contributed by atoms with van der Waals surface area (Å²) >= 11 is 0. The first-order chi connectivity index (χ1) is 42.0. The Labute approximate surface area is 530 Å². The SMILES string of the molecule is CC/C=C\C/C=C\C/C=C\C/C=C\C/C=C\C/C=C\C/C=C\C/C=C\C/C=C\C/C=C\C/C=C\C/C=C\CCCCC(=O)NC(COP(=O)(O)OCC[N+](C)(C)C)C(O)/C=C/CC/C=C/CCCCCCCCCCCCCCCCCCCCC. The number of phosphoric ester groups is 1. The minimum absolute atomic E-state index is 0.0384. The fraction of sp³-hybridized carbons (Fsp3) is 0.623. The molecule has 3 unspecified atom stereocenters. The Hall–Kier alpha value is -4.14. The van der Waals surface area contributed by atoms with Crippen molar-refractivity contribution in [1.29, 1.82) is 0 Å². The smallest absolute Gasteiger partial charge is 0.387 e. The largest absolute Gasteiger partial charge is 0.472 e. The zero-order valence-corrected chi connectivity index (χ0v) is 56.6. The number of amides is 1. The van der Waals surface area contributed by atoms with Gasteiger partial charge in [-0.15, -0.1) is 0 Å². The Bertz CT molecular complexity index is 2010. The molecule has 488 valence electrons. The normalized spacial score (nSPS) is 14.7. The van der Waals surface area contributed by atoms with Crippen LogP contribution in [0.4, 0.5) is 0 Å². The van der Waals surface area contributed by atoms with Crippen molar-refractivity contribution in [3.63, 3.8) is 0 Å². The lowest BCUT2D eigenvalue weighted by Gasteiger charge is -2.25. The van der Waals surface area contributed by atoms with Crippen LogP contribution in [0.15, 0.2) is 170 Å². The molecule has 0 saturated carbocycles.